The van der Waals surface area contributed by atoms with Crippen LogP contribution in [0.25, 0.3) is 0 Å². The van der Waals surface area contributed by atoms with E-state index >= 15 is 0 Å². The third kappa shape index (κ3) is 0.835. The smallest absolute Gasteiger partial charge is 0.419 e. The van der Waals surface area contributed by atoms with Gasteiger partial charge in [0.25, 0.3) is 0 Å². The summed E-state index contributed by atoms with van der Waals surface area (Å²) in [4.78, 5) is 20.4. The van der Waals surface area contributed by atoms with Crippen molar-refractivity contribution in [3.8, 4) is 0 Å². The Bertz CT molecular complexity index is 195. The Labute approximate surface area is 49.9 Å². The van der Waals surface area contributed by atoms with E-state index in [0.29, 0.717) is 6.26 Å². The maximum Gasteiger partial charge on any atom is 0.419 e. The molecule has 5 heteroatoms. The summed E-state index contributed by atoms with van der Waals surface area (Å²) in [5.41, 5.74) is -0.236. The van der Waals surface area contributed by atoms with Crippen molar-refractivity contribution < 1.29 is 19.4 Å². The normalized spacial score (nSPS) is 22.0. The van der Waals surface area contributed by atoms with Crippen LogP contribution < -0.4 is 5.32 Å². The van der Waals surface area contributed by atoms with E-state index < -0.39 is 12.1 Å². The minimum absolute atomic E-state index is 0.236. The molecule has 1 aliphatic heterocycles. The molecule has 48 valence electrons. The van der Waals surface area contributed by atoms with E-state index in [1.54, 1.807) is 0 Å². The van der Waals surface area contributed by atoms with E-state index in [-0.39, 0.29) is 5.70 Å². The van der Waals surface area contributed by atoms with Gasteiger partial charge in [-0.25, -0.2) is 9.59 Å². The Morgan fingerprint density at radius 3 is 2.44 bits per heavy atom. The number of nitrogens with one attached hydrogen (secondary N) is 1. The lowest BCUT2D eigenvalue weighted by Crippen LogP contribution is -2.11. The van der Waals surface area contributed by atoms with Gasteiger partial charge in [-0.05, 0) is 0 Å². The molecule has 9 heavy (non-hydrogen) atoms. The van der Waals surface area contributed by atoms with Crippen LogP contribution in [0.15, 0.2) is 12.0 Å². The average Bonchev–Trinajstić information content (AvgIpc) is 2.10. The summed E-state index contributed by atoms with van der Waals surface area (Å²) in [6.07, 6.45) is -0.381. The van der Waals surface area contributed by atoms with Gasteiger partial charge in [0.1, 0.15) is 6.26 Å². The predicted octanol–water partition coefficient (Wildman–Crippen LogP) is -0.348. The number of hydrogen-bond acceptors (Lipinski definition) is 4. The number of esters is 1. The van der Waals surface area contributed by atoms with Gasteiger partial charge in [-0.3, -0.25) is 5.32 Å². The van der Waals surface area contributed by atoms with Crippen LogP contribution in [-0.2, 0) is 9.53 Å². The summed E-state index contributed by atoms with van der Waals surface area (Å²) in [6.45, 7) is 0. The first-order chi connectivity index (χ1) is 4.24. The number of aliphatic hydroxyl groups excluding tert-OH is 1. The minimum atomic E-state index is -0.861. The van der Waals surface area contributed by atoms with Crippen LogP contribution >= 0.6 is 0 Å². The molecule has 1 heterocycles. The summed E-state index contributed by atoms with van der Waals surface area (Å²) in [5, 5.41) is 10.1. The number of amides is 1. The van der Waals surface area contributed by atoms with Gasteiger partial charge in [0.15, 0.2) is 5.70 Å². The van der Waals surface area contributed by atoms with Crippen molar-refractivity contribution in [1.29, 1.82) is 0 Å². The molecule has 0 aliphatic carbocycles. The number of carbonyl (C=O) groups is 2. The van der Waals surface area contributed by atoms with Gasteiger partial charge in [-0.15, -0.1) is 0 Å². The molecule has 1 amide bonds. The highest BCUT2D eigenvalue weighted by Crippen LogP contribution is 2.01. The van der Waals surface area contributed by atoms with Crippen molar-refractivity contribution in [2.24, 2.45) is 0 Å². The number of ether oxygens (including phenoxy) is 1. The number of rotatable bonds is 0. The molecule has 0 aromatic rings. The molecule has 0 spiro atoms. The van der Waals surface area contributed by atoms with Crippen molar-refractivity contribution in [1.82, 2.24) is 5.32 Å². The zero-order chi connectivity index (χ0) is 6.85. The molecule has 1 fully saturated rings. The van der Waals surface area contributed by atoms with Gasteiger partial charge < -0.3 is 9.84 Å². The van der Waals surface area contributed by atoms with Gasteiger partial charge in [0.05, 0.1) is 0 Å². The molecule has 0 aromatic heterocycles. The van der Waals surface area contributed by atoms with Crippen LogP contribution in [0.1, 0.15) is 0 Å². The molecule has 0 saturated carbocycles. The maximum absolute atomic E-state index is 10.3. The molecule has 1 saturated heterocycles. The standard InChI is InChI=1S/C4H3NO4/c6-1-2-3(7)9-4(8)5-2/h1,6H,(H,5,8)/b2-1+. The third-order valence-electron chi connectivity index (χ3n) is 0.771. The van der Waals surface area contributed by atoms with E-state index in [4.69, 9.17) is 5.11 Å². The highest BCUT2D eigenvalue weighted by atomic mass is 16.6. The molecule has 5 nitrogen and oxygen atoms in total. The summed E-state index contributed by atoms with van der Waals surface area (Å²) >= 11 is 0. The molecule has 0 radical (unpaired) electrons. The van der Waals surface area contributed by atoms with E-state index in [9.17, 15) is 9.59 Å². The Morgan fingerprint density at radius 2 is 2.22 bits per heavy atom. The van der Waals surface area contributed by atoms with E-state index in [1.807, 2.05) is 5.32 Å². The third-order valence-corrected chi connectivity index (χ3v) is 0.771. The van der Waals surface area contributed by atoms with Crippen LogP contribution in [0.5, 0.6) is 0 Å². The van der Waals surface area contributed by atoms with Gasteiger partial charge >= 0.3 is 12.1 Å². The first-order valence-electron chi connectivity index (χ1n) is 2.11. The quantitative estimate of drug-likeness (QED) is 0.203. The molecule has 0 bridgehead atoms. The second-order valence-corrected chi connectivity index (χ2v) is 1.34. The van der Waals surface area contributed by atoms with Crippen LogP contribution in [0.2, 0.25) is 0 Å². The van der Waals surface area contributed by atoms with Crippen LogP contribution in [0.3, 0.4) is 0 Å². The SMILES string of the molecule is O=C1N/C(=C/O)C(=O)O1. The number of cyclic esters (lactones) is 2. The topological polar surface area (TPSA) is 75.6 Å². The van der Waals surface area contributed by atoms with Crippen molar-refractivity contribution in [3.05, 3.63) is 12.0 Å². The fourth-order valence-corrected chi connectivity index (χ4v) is 0.411. The molecular weight excluding hydrogens is 126 g/mol. The van der Waals surface area contributed by atoms with E-state index in [1.165, 1.54) is 0 Å². The molecule has 0 aromatic carbocycles. The van der Waals surface area contributed by atoms with E-state index in [2.05, 4.69) is 4.74 Å². The van der Waals surface area contributed by atoms with Gasteiger partial charge in [0, 0.05) is 0 Å². The molecule has 2 N–H and O–H groups in total. The van der Waals surface area contributed by atoms with Gasteiger partial charge in [-0.2, -0.15) is 0 Å². The number of carbonyl (C=O) groups excluding carboxylic acids is 2. The minimum Gasteiger partial charge on any atom is -0.513 e. The lowest BCUT2D eigenvalue weighted by Gasteiger charge is -1.81. The van der Waals surface area contributed by atoms with Gasteiger partial charge in [0.2, 0.25) is 0 Å². The van der Waals surface area contributed by atoms with Gasteiger partial charge in [-0.1, -0.05) is 0 Å². The van der Waals surface area contributed by atoms with E-state index in [0.717, 1.165) is 0 Å². The average molecular weight is 129 g/mol. The molecule has 0 atom stereocenters. The molecule has 1 rings (SSSR count). The zero-order valence-corrected chi connectivity index (χ0v) is 4.25. The molecule has 1 aliphatic rings. The van der Waals surface area contributed by atoms with Crippen LogP contribution in [0, 0.1) is 0 Å². The number of aliphatic hydroxyl groups is 1. The lowest BCUT2D eigenvalue weighted by molar-refractivity contribution is -0.130. The van der Waals surface area contributed by atoms with Crippen molar-refractivity contribution in [2.75, 3.05) is 0 Å². The van der Waals surface area contributed by atoms with Crippen molar-refractivity contribution in [2.45, 2.75) is 0 Å². The maximum atomic E-state index is 10.3. The summed E-state index contributed by atoms with van der Waals surface area (Å²) < 4.78 is 3.95. The fourth-order valence-electron chi connectivity index (χ4n) is 0.411. The van der Waals surface area contributed by atoms with Crippen molar-refractivity contribution in [3.63, 3.8) is 0 Å². The van der Waals surface area contributed by atoms with Crippen LogP contribution in [-0.4, -0.2) is 17.2 Å². The molecule has 0 unspecified atom stereocenters. The second kappa shape index (κ2) is 1.77. The summed E-state index contributed by atoms with van der Waals surface area (Å²) in [7, 11) is 0. The highest BCUT2D eigenvalue weighted by Gasteiger charge is 2.25. The number of hydrogen-bond donors (Lipinski definition) is 2. The number of alkyl carbamates (subject to hydrolysis) is 1. The zero-order valence-electron chi connectivity index (χ0n) is 4.25. The Morgan fingerprint density at radius 1 is 1.56 bits per heavy atom. The summed E-state index contributed by atoms with van der Waals surface area (Å²) in [6, 6.07) is 0. The predicted molar refractivity (Wildman–Crippen MR) is 25.3 cm³/mol. The van der Waals surface area contributed by atoms with Crippen LogP contribution in [0.4, 0.5) is 4.79 Å². The first-order valence-corrected chi connectivity index (χ1v) is 2.11. The largest absolute Gasteiger partial charge is 0.513 e. The Kier molecular flexibility index (Phi) is 1.11. The Balaban J connectivity index is 2.81. The monoisotopic (exact) mass is 129 g/mol. The first kappa shape index (κ1) is 5.61. The second-order valence-electron chi connectivity index (χ2n) is 1.34. The van der Waals surface area contributed by atoms with Crippen molar-refractivity contribution >= 4 is 12.1 Å². The highest BCUT2D eigenvalue weighted by molar-refractivity contribution is 6.03. The summed E-state index contributed by atoms with van der Waals surface area (Å²) in [5.74, 6) is -0.859. The lowest BCUT2D eigenvalue weighted by atomic mass is 10.5. The molecular formula is C4H3NO4. The Hall–Kier alpha value is -1.52. The fraction of sp³-hybridized carbons (Fsp3) is 0.